The number of rotatable bonds is 4. The van der Waals surface area contributed by atoms with E-state index < -0.39 is 5.82 Å². The Morgan fingerprint density at radius 2 is 2.31 bits per heavy atom. The second-order valence-corrected chi connectivity index (χ2v) is 3.01. The molecule has 0 saturated carbocycles. The lowest BCUT2D eigenvalue weighted by Gasteiger charge is -2.07. The molecule has 0 aromatic heterocycles. The Bertz CT molecular complexity index is 438. The van der Waals surface area contributed by atoms with Crippen molar-refractivity contribution in [2.75, 3.05) is 13.2 Å². The molecule has 0 aliphatic heterocycles. The van der Waals surface area contributed by atoms with Gasteiger partial charge >= 0.3 is 0 Å². The summed E-state index contributed by atoms with van der Waals surface area (Å²) < 4.78 is 30.3. The van der Waals surface area contributed by atoms with Gasteiger partial charge in [0.2, 0.25) is 0 Å². The van der Waals surface area contributed by atoms with Crippen LogP contribution in [0.5, 0.6) is 5.75 Å². The van der Waals surface area contributed by atoms with Gasteiger partial charge in [0, 0.05) is 18.2 Å². The lowest BCUT2D eigenvalue weighted by Crippen LogP contribution is -2.10. The molecule has 1 aromatic rings. The van der Waals surface area contributed by atoms with Gasteiger partial charge in [-0.2, -0.15) is 5.26 Å². The minimum atomic E-state index is -0.668. The molecule has 0 unspecified atom stereocenters. The van der Waals surface area contributed by atoms with E-state index in [1.165, 1.54) is 12.1 Å². The first-order chi connectivity index (χ1) is 7.71. The van der Waals surface area contributed by atoms with Crippen LogP contribution in [0.25, 0.3) is 0 Å². The van der Waals surface area contributed by atoms with Gasteiger partial charge < -0.3 is 10.5 Å². The first kappa shape index (κ1) is 12.1. The molecule has 0 amide bonds. The summed E-state index contributed by atoms with van der Waals surface area (Å²) in [6, 6.07) is 5.50. The SMILES string of the molecule is N#Cc1ccc(OCC(=CF)CN)cc1F. The number of hydrogen-bond donors (Lipinski definition) is 1. The summed E-state index contributed by atoms with van der Waals surface area (Å²) in [7, 11) is 0. The summed E-state index contributed by atoms with van der Waals surface area (Å²) in [5, 5.41) is 8.50. The van der Waals surface area contributed by atoms with Gasteiger partial charge in [-0.15, -0.1) is 0 Å². The third-order valence-electron chi connectivity index (χ3n) is 1.90. The summed E-state index contributed by atoms with van der Waals surface area (Å²) in [6.07, 6.45) is 0.361. The van der Waals surface area contributed by atoms with Gasteiger partial charge in [-0.05, 0) is 12.1 Å². The fourth-order valence-electron chi connectivity index (χ4n) is 0.987. The van der Waals surface area contributed by atoms with Crippen LogP contribution >= 0.6 is 0 Å². The van der Waals surface area contributed by atoms with Gasteiger partial charge in [-0.3, -0.25) is 0 Å². The van der Waals surface area contributed by atoms with Crippen LogP contribution in [-0.4, -0.2) is 13.2 Å². The van der Waals surface area contributed by atoms with Crippen molar-refractivity contribution < 1.29 is 13.5 Å². The molecule has 0 fully saturated rings. The van der Waals surface area contributed by atoms with E-state index in [0.29, 0.717) is 6.33 Å². The minimum absolute atomic E-state index is 0.0370. The molecule has 0 saturated heterocycles. The van der Waals surface area contributed by atoms with Crippen molar-refractivity contribution in [1.29, 1.82) is 5.26 Å². The Morgan fingerprint density at radius 3 is 2.81 bits per heavy atom. The first-order valence-corrected chi connectivity index (χ1v) is 4.52. The summed E-state index contributed by atoms with van der Waals surface area (Å²) in [4.78, 5) is 0. The molecule has 0 aliphatic carbocycles. The van der Waals surface area contributed by atoms with E-state index in [2.05, 4.69) is 0 Å². The Morgan fingerprint density at radius 1 is 1.56 bits per heavy atom. The normalized spacial score (nSPS) is 11.0. The van der Waals surface area contributed by atoms with Crippen LogP contribution in [0.3, 0.4) is 0 Å². The maximum atomic E-state index is 13.1. The lowest BCUT2D eigenvalue weighted by atomic mass is 10.2. The van der Waals surface area contributed by atoms with Crippen LogP contribution < -0.4 is 10.5 Å². The molecule has 0 aliphatic rings. The molecule has 84 valence electrons. The number of ether oxygens (including phenoxy) is 1. The Kier molecular flexibility index (Phi) is 4.42. The molecular weight excluding hydrogens is 214 g/mol. The molecule has 0 bridgehead atoms. The highest BCUT2D eigenvalue weighted by Crippen LogP contribution is 2.16. The number of benzene rings is 1. The van der Waals surface area contributed by atoms with E-state index >= 15 is 0 Å². The van der Waals surface area contributed by atoms with Crippen LogP contribution in [0.15, 0.2) is 30.1 Å². The molecule has 0 radical (unpaired) electrons. The van der Waals surface area contributed by atoms with Crippen LogP contribution in [-0.2, 0) is 0 Å². The second-order valence-electron chi connectivity index (χ2n) is 3.01. The van der Waals surface area contributed by atoms with E-state index in [9.17, 15) is 8.78 Å². The molecule has 16 heavy (non-hydrogen) atoms. The predicted molar refractivity (Wildman–Crippen MR) is 54.9 cm³/mol. The maximum absolute atomic E-state index is 13.1. The molecule has 1 rings (SSSR count). The topological polar surface area (TPSA) is 59.0 Å². The molecule has 5 heteroatoms. The van der Waals surface area contributed by atoms with Gasteiger partial charge in [0.25, 0.3) is 0 Å². The average Bonchev–Trinajstić information content (AvgIpc) is 2.30. The third-order valence-corrected chi connectivity index (χ3v) is 1.90. The number of hydrogen-bond acceptors (Lipinski definition) is 3. The standard InChI is InChI=1S/C11H10F2N2O/c12-4-8(5-14)7-16-10-2-1-9(6-15)11(13)3-10/h1-4H,5,7,14H2. The fourth-order valence-corrected chi connectivity index (χ4v) is 0.987. The van der Waals surface area contributed by atoms with Crippen LogP contribution in [0.4, 0.5) is 8.78 Å². The number of nitriles is 1. The molecule has 3 nitrogen and oxygen atoms in total. The highest BCUT2D eigenvalue weighted by atomic mass is 19.1. The summed E-state index contributed by atoms with van der Waals surface area (Å²) >= 11 is 0. The quantitative estimate of drug-likeness (QED) is 0.849. The number of nitrogens with two attached hydrogens (primary N) is 1. The Balaban J connectivity index is 2.70. The molecule has 0 spiro atoms. The van der Waals surface area contributed by atoms with Gasteiger partial charge in [0.15, 0.2) is 0 Å². The summed E-state index contributed by atoms with van der Waals surface area (Å²) in [6.45, 7) is -0.00635. The van der Waals surface area contributed by atoms with E-state index in [0.717, 1.165) is 6.07 Å². The van der Waals surface area contributed by atoms with Crippen molar-refractivity contribution >= 4 is 0 Å². The lowest BCUT2D eigenvalue weighted by molar-refractivity contribution is 0.345. The highest BCUT2D eigenvalue weighted by Gasteiger charge is 2.04. The van der Waals surface area contributed by atoms with E-state index in [1.54, 1.807) is 6.07 Å². The summed E-state index contributed by atoms with van der Waals surface area (Å²) in [5.74, 6) is -0.442. The largest absolute Gasteiger partial charge is 0.489 e. The van der Waals surface area contributed by atoms with Crippen molar-refractivity contribution in [1.82, 2.24) is 0 Å². The first-order valence-electron chi connectivity index (χ1n) is 4.52. The summed E-state index contributed by atoms with van der Waals surface area (Å²) in [5.41, 5.74) is 5.42. The van der Waals surface area contributed by atoms with E-state index in [4.69, 9.17) is 15.7 Å². The minimum Gasteiger partial charge on any atom is -0.489 e. The van der Waals surface area contributed by atoms with Crippen LogP contribution in [0, 0.1) is 17.1 Å². The molecular formula is C11H10F2N2O. The number of nitrogens with zero attached hydrogens (tertiary/aromatic N) is 1. The third kappa shape index (κ3) is 3.04. The van der Waals surface area contributed by atoms with Crippen molar-refractivity contribution in [2.24, 2.45) is 5.73 Å². The second kappa shape index (κ2) is 5.83. The van der Waals surface area contributed by atoms with Crippen LogP contribution in [0.1, 0.15) is 5.56 Å². The smallest absolute Gasteiger partial charge is 0.144 e. The zero-order valence-electron chi connectivity index (χ0n) is 8.41. The monoisotopic (exact) mass is 224 g/mol. The molecule has 0 heterocycles. The van der Waals surface area contributed by atoms with Crippen LogP contribution in [0.2, 0.25) is 0 Å². The van der Waals surface area contributed by atoms with Gasteiger partial charge in [-0.25, -0.2) is 8.78 Å². The van der Waals surface area contributed by atoms with Crippen molar-refractivity contribution in [3.63, 3.8) is 0 Å². The average molecular weight is 224 g/mol. The van der Waals surface area contributed by atoms with E-state index in [-0.39, 0.29) is 30.0 Å². The predicted octanol–water partition coefficient (Wildman–Crippen LogP) is 1.89. The van der Waals surface area contributed by atoms with Gasteiger partial charge in [-0.1, -0.05) is 0 Å². The molecule has 0 atom stereocenters. The zero-order valence-corrected chi connectivity index (χ0v) is 8.41. The van der Waals surface area contributed by atoms with E-state index in [1.807, 2.05) is 0 Å². The van der Waals surface area contributed by atoms with Gasteiger partial charge in [0.1, 0.15) is 24.2 Å². The number of halogens is 2. The van der Waals surface area contributed by atoms with Gasteiger partial charge in [0.05, 0.1) is 11.9 Å². The van der Waals surface area contributed by atoms with Crippen molar-refractivity contribution in [2.45, 2.75) is 0 Å². The van der Waals surface area contributed by atoms with Crippen molar-refractivity contribution in [3.8, 4) is 11.8 Å². The Hall–Kier alpha value is -1.93. The highest BCUT2D eigenvalue weighted by molar-refractivity contribution is 5.36. The fraction of sp³-hybridized carbons (Fsp3) is 0.182. The Labute approximate surface area is 91.7 Å². The molecule has 1 aromatic carbocycles. The maximum Gasteiger partial charge on any atom is 0.144 e. The van der Waals surface area contributed by atoms with Crippen molar-refractivity contribution in [3.05, 3.63) is 41.5 Å². The molecule has 2 N–H and O–H groups in total. The zero-order chi connectivity index (χ0) is 12.0.